The van der Waals surface area contributed by atoms with E-state index in [9.17, 15) is 39.9 Å². The molecule has 3 aromatic rings. The van der Waals surface area contributed by atoms with E-state index in [2.05, 4.69) is 20.3 Å². The maximum Gasteiger partial charge on any atom is 0.348 e. The molecule has 17 nitrogen and oxygen atoms in total. The summed E-state index contributed by atoms with van der Waals surface area (Å²) in [6, 6.07) is 5.88. The van der Waals surface area contributed by atoms with Crippen LogP contribution < -0.4 is 10.2 Å². The normalized spacial score (nSPS) is 24.5. The van der Waals surface area contributed by atoms with Crippen molar-refractivity contribution in [2.24, 2.45) is 5.92 Å². The highest BCUT2D eigenvalue weighted by Crippen LogP contribution is 2.40. The van der Waals surface area contributed by atoms with Crippen LogP contribution in [-0.2, 0) is 25.5 Å². The maximum atomic E-state index is 12.8. The fourth-order valence-corrected chi connectivity index (χ4v) is 6.28. The third-order valence-electron chi connectivity index (χ3n) is 9.30. The zero-order valence-electron chi connectivity index (χ0n) is 26.6. The number of halogens is 1. The number of aliphatic carboxylic acids is 2. The van der Waals surface area contributed by atoms with Gasteiger partial charge in [0.1, 0.15) is 17.8 Å². The number of aromatic nitrogens is 4. The zero-order valence-corrected chi connectivity index (χ0v) is 27.4. The van der Waals surface area contributed by atoms with E-state index >= 15 is 0 Å². The molecule has 0 radical (unpaired) electrons. The molecule has 49 heavy (non-hydrogen) atoms. The first-order valence-electron chi connectivity index (χ1n) is 15.9. The highest BCUT2D eigenvalue weighted by atomic mass is 35.5. The van der Waals surface area contributed by atoms with E-state index in [4.69, 9.17) is 21.1 Å². The van der Waals surface area contributed by atoms with Gasteiger partial charge in [0.15, 0.2) is 23.2 Å². The van der Waals surface area contributed by atoms with Crippen LogP contribution in [-0.4, -0.2) is 131 Å². The van der Waals surface area contributed by atoms with Crippen LogP contribution in [0.15, 0.2) is 30.6 Å². The maximum absolute atomic E-state index is 12.8. The number of carbonyl (C=O) groups is 3. The second kappa shape index (κ2) is 13.6. The first kappa shape index (κ1) is 34.7. The van der Waals surface area contributed by atoms with E-state index in [-0.39, 0.29) is 35.7 Å². The van der Waals surface area contributed by atoms with Crippen LogP contribution in [0.5, 0.6) is 0 Å². The van der Waals surface area contributed by atoms with Gasteiger partial charge in [-0.1, -0.05) is 12.1 Å². The minimum Gasteiger partial charge on any atom is -0.479 e. The summed E-state index contributed by atoms with van der Waals surface area (Å²) in [5.41, 5.74) is -3.45. The number of aliphatic hydroxyl groups is 3. The van der Waals surface area contributed by atoms with Gasteiger partial charge in [-0.3, -0.25) is 9.47 Å². The summed E-state index contributed by atoms with van der Waals surface area (Å²) >= 11 is 6.19. The number of nitrogens with one attached hydrogen (secondary N) is 1. The molecule has 4 atom stereocenters. The van der Waals surface area contributed by atoms with E-state index in [1.807, 2.05) is 0 Å². The fraction of sp³-hybridized carbons (Fsp3) is 0.548. The second-order valence-electron chi connectivity index (χ2n) is 12.8. The van der Waals surface area contributed by atoms with Crippen molar-refractivity contribution in [1.29, 1.82) is 0 Å². The number of aliphatic hydroxyl groups excluding tert-OH is 2. The van der Waals surface area contributed by atoms with Gasteiger partial charge in [-0.05, 0) is 61.4 Å². The summed E-state index contributed by atoms with van der Waals surface area (Å²) in [4.78, 5) is 53.8. The SMILES string of the molecule is C[C@@]1(O)[C@@H](COC(Cc2ccc(N3CCCN(CCO)C3=O)cc2)(C(=O)O)C(=O)O)O[C@@H](n2cnc3c(NCC4CC4)nc(Cl)nc32)[C@@H]1O. The number of carboxylic acids is 2. The number of hydrogen-bond donors (Lipinski definition) is 6. The number of imidazole rings is 1. The molecule has 0 bridgehead atoms. The number of urea groups is 1. The molecule has 0 unspecified atom stereocenters. The zero-order chi connectivity index (χ0) is 35.1. The highest BCUT2D eigenvalue weighted by Gasteiger charge is 2.56. The van der Waals surface area contributed by atoms with Crippen LogP contribution in [0.25, 0.3) is 11.2 Å². The molecule has 2 aliphatic heterocycles. The molecule has 6 N–H and O–H groups in total. The van der Waals surface area contributed by atoms with Gasteiger partial charge in [0.2, 0.25) is 5.28 Å². The third-order valence-corrected chi connectivity index (χ3v) is 9.47. The fourth-order valence-electron chi connectivity index (χ4n) is 6.11. The van der Waals surface area contributed by atoms with Crippen molar-refractivity contribution < 1.29 is 49.4 Å². The molecule has 3 aliphatic rings. The lowest BCUT2D eigenvalue weighted by Crippen LogP contribution is -2.54. The lowest BCUT2D eigenvalue weighted by molar-refractivity contribution is -0.192. The number of rotatable bonds is 14. The van der Waals surface area contributed by atoms with Crippen molar-refractivity contribution in [3.8, 4) is 0 Å². The lowest BCUT2D eigenvalue weighted by Gasteiger charge is -2.35. The van der Waals surface area contributed by atoms with Crippen molar-refractivity contribution in [3.05, 3.63) is 41.4 Å². The Kier molecular flexibility index (Phi) is 9.67. The molecule has 4 heterocycles. The standard InChI is InChI=1S/C31H38ClN7O10/c1-30(47)20(49-25(22(30)41)39-16-34-21-23(33-14-18-3-4-18)35-28(32)36-24(21)39)15-48-31(26(42)43,27(44)45)13-17-5-7-19(8-6-17)38-10-2-9-37(11-12-40)29(38)46/h5-8,16,18,20,22,25,40-41,47H,2-4,9-15H2,1H3,(H,42,43)(H,44,45)(H,33,35,36)/t20-,22+,25-,30-/m1/s1. The number of nitrogens with zero attached hydrogens (tertiary/aromatic N) is 6. The van der Waals surface area contributed by atoms with E-state index in [1.54, 1.807) is 12.1 Å². The van der Waals surface area contributed by atoms with Crippen LogP contribution in [0.2, 0.25) is 5.28 Å². The summed E-state index contributed by atoms with van der Waals surface area (Å²) in [7, 11) is 0. The molecule has 1 aromatic carbocycles. The molecule has 18 heteroatoms. The van der Waals surface area contributed by atoms with Crippen LogP contribution >= 0.6 is 11.6 Å². The van der Waals surface area contributed by atoms with Gasteiger partial charge in [0.25, 0.3) is 5.60 Å². The van der Waals surface area contributed by atoms with Crippen molar-refractivity contribution in [2.75, 3.05) is 49.6 Å². The van der Waals surface area contributed by atoms with Gasteiger partial charge < -0.3 is 45.2 Å². The van der Waals surface area contributed by atoms with Gasteiger partial charge >= 0.3 is 18.0 Å². The highest BCUT2D eigenvalue weighted by molar-refractivity contribution is 6.28. The Morgan fingerprint density at radius 1 is 1.16 bits per heavy atom. The Bertz CT molecular complexity index is 1700. The first-order chi connectivity index (χ1) is 23.4. The van der Waals surface area contributed by atoms with E-state index in [0.29, 0.717) is 49.0 Å². The van der Waals surface area contributed by atoms with Crippen LogP contribution in [0.1, 0.15) is 38.0 Å². The van der Waals surface area contributed by atoms with Gasteiger partial charge in [-0.25, -0.2) is 19.4 Å². The monoisotopic (exact) mass is 703 g/mol. The largest absolute Gasteiger partial charge is 0.479 e. The molecule has 1 saturated carbocycles. The Hall–Kier alpha value is -4.13. The van der Waals surface area contributed by atoms with E-state index in [0.717, 1.165) is 12.8 Å². The molecule has 2 amide bonds. The molecule has 0 spiro atoms. The summed E-state index contributed by atoms with van der Waals surface area (Å²) in [5.74, 6) is -2.66. The Balaban J connectivity index is 1.19. The molecule has 2 saturated heterocycles. The van der Waals surface area contributed by atoms with Crippen LogP contribution in [0, 0.1) is 5.92 Å². The molecule has 1 aliphatic carbocycles. The van der Waals surface area contributed by atoms with Crippen LogP contribution in [0.4, 0.5) is 16.3 Å². The molecule has 3 fully saturated rings. The number of benzene rings is 1. The molecule has 6 rings (SSSR count). The summed E-state index contributed by atoms with van der Waals surface area (Å²) in [6.45, 7) is 2.19. The summed E-state index contributed by atoms with van der Waals surface area (Å²) in [6.07, 6.45) is -0.640. The van der Waals surface area contributed by atoms with Crippen molar-refractivity contribution >= 4 is 52.2 Å². The lowest BCUT2D eigenvalue weighted by atomic mass is 9.92. The van der Waals surface area contributed by atoms with Crippen molar-refractivity contribution in [3.63, 3.8) is 0 Å². The van der Waals surface area contributed by atoms with E-state index in [1.165, 1.54) is 39.8 Å². The van der Waals surface area contributed by atoms with Crippen LogP contribution in [0.3, 0.4) is 0 Å². The summed E-state index contributed by atoms with van der Waals surface area (Å²) < 4.78 is 13.0. The number of fused-ring (bicyclic) bond motifs is 1. The Morgan fingerprint density at radius 3 is 2.53 bits per heavy atom. The molecule has 2 aromatic heterocycles. The third kappa shape index (κ3) is 6.73. The molecular formula is C31H38ClN7O10. The number of anilines is 2. The van der Waals surface area contributed by atoms with Gasteiger partial charge in [0, 0.05) is 38.3 Å². The predicted molar refractivity (Wildman–Crippen MR) is 172 cm³/mol. The second-order valence-corrected chi connectivity index (χ2v) is 13.1. The Labute approximate surface area is 285 Å². The van der Waals surface area contributed by atoms with Crippen molar-refractivity contribution in [2.45, 2.75) is 62.2 Å². The van der Waals surface area contributed by atoms with Crippen molar-refractivity contribution in [1.82, 2.24) is 24.4 Å². The smallest absolute Gasteiger partial charge is 0.348 e. The van der Waals surface area contributed by atoms with Gasteiger partial charge in [0.05, 0.1) is 19.5 Å². The number of amides is 2. The number of carboxylic acid groups (broad SMARTS) is 2. The average Bonchev–Trinajstić information content (AvgIpc) is 3.76. The predicted octanol–water partition coefficient (Wildman–Crippen LogP) is 1.10. The minimum atomic E-state index is -2.80. The van der Waals surface area contributed by atoms with Gasteiger partial charge in [-0.15, -0.1) is 0 Å². The van der Waals surface area contributed by atoms with Gasteiger partial charge in [-0.2, -0.15) is 9.97 Å². The minimum absolute atomic E-state index is 0.0846. The quantitative estimate of drug-likeness (QED) is 0.102. The topological polar surface area (TPSA) is 233 Å². The first-order valence-corrected chi connectivity index (χ1v) is 16.3. The number of β-amino-alcohol motifs (C(OH)–C–C–N with tert-alkyl or cyclic N) is 1. The molecule has 264 valence electrons. The summed E-state index contributed by atoms with van der Waals surface area (Å²) in [5, 5.41) is 55.2. The average molecular weight is 704 g/mol. The molecular weight excluding hydrogens is 666 g/mol. The Morgan fingerprint density at radius 2 is 1.88 bits per heavy atom. The number of carbonyl (C=O) groups excluding carboxylic acids is 1. The van der Waals surface area contributed by atoms with E-state index < -0.39 is 54.6 Å². The number of ether oxygens (including phenoxy) is 2. The number of hydrogen-bond acceptors (Lipinski definition) is 12.